The third-order valence-electron chi connectivity index (χ3n) is 4.42. The van der Waals surface area contributed by atoms with Crippen molar-refractivity contribution in [3.05, 3.63) is 28.2 Å². The van der Waals surface area contributed by atoms with Crippen LogP contribution in [0.2, 0.25) is 0 Å². The number of carboxylic acid groups (broad SMARTS) is 1. The van der Waals surface area contributed by atoms with Crippen LogP contribution in [0.15, 0.2) is 22.7 Å². The predicted octanol–water partition coefficient (Wildman–Crippen LogP) is 3.83. The van der Waals surface area contributed by atoms with Gasteiger partial charge < -0.3 is 10.4 Å². The van der Waals surface area contributed by atoms with E-state index in [1.54, 1.807) is 0 Å². The van der Waals surface area contributed by atoms with Gasteiger partial charge in [-0.15, -0.1) is 0 Å². The third kappa shape index (κ3) is 3.46. The van der Waals surface area contributed by atoms with Gasteiger partial charge in [0.15, 0.2) is 0 Å². The van der Waals surface area contributed by atoms with Crippen molar-refractivity contribution in [2.45, 2.75) is 33.1 Å². The fourth-order valence-electron chi connectivity index (χ4n) is 3.01. The molecule has 0 radical (unpaired) electrons. The van der Waals surface area contributed by atoms with E-state index in [4.69, 9.17) is 0 Å². The summed E-state index contributed by atoms with van der Waals surface area (Å²) >= 11 is 3.43. The molecule has 3 atom stereocenters. The van der Waals surface area contributed by atoms with Gasteiger partial charge in [-0.05, 0) is 43.4 Å². The molecule has 0 spiro atoms. The van der Waals surface area contributed by atoms with Crippen molar-refractivity contribution in [1.29, 1.82) is 0 Å². The molecule has 1 aliphatic carbocycles. The first-order valence-electron chi connectivity index (χ1n) is 7.22. The van der Waals surface area contributed by atoms with Crippen LogP contribution in [0.25, 0.3) is 0 Å². The summed E-state index contributed by atoms with van der Waals surface area (Å²) in [6.07, 6.45) is 2.18. The number of carbonyl (C=O) groups excluding carboxylic acids is 1. The highest BCUT2D eigenvalue weighted by molar-refractivity contribution is 9.10. The monoisotopic (exact) mass is 353 g/mol. The topological polar surface area (TPSA) is 66.4 Å². The molecular formula is C16H20BrNO3. The molecule has 0 aliphatic heterocycles. The SMILES string of the molecule is CCC1C[C@H](C(=O)Nc2cccc(Br)c2C)[C@H](C(=O)O)C1. The van der Waals surface area contributed by atoms with Gasteiger partial charge in [0.25, 0.3) is 0 Å². The van der Waals surface area contributed by atoms with Crippen molar-refractivity contribution in [2.24, 2.45) is 17.8 Å². The number of hydrogen-bond acceptors (Lipinski definition) is 2. The molecule has 1 aromatic carbocycles. The van der Waals surface area contributed by atoms with E-state index in [0.717, 1.165) is 22.1 Å². The van der Waals surface area contributed by atoms with E-state index in [0.29, 0.717) is 18.8 Å². The predicted molar refractivity (Wildman–Crippen MR) is 85.1 cm³/mol. The van der Waals surface area contributed by atoms with Crippen LogP contribution < -0.4 is 5.32 Å². The average Bonchev–Trinajstić information content (AvgIpc) is 2.88. The average molecular weight is 354 g/mol. The quantitative estimate of drug-likeness (QED) is 0.864. The van der Waals surface area contributed by atoms with Crippen molar-refractivity contribution in [3.8, 4) is 0 Å². The number of benzene rings is 1. The fraction of sp³-hybridized carbons (Fsp3) is 0.500. The molecule has 21 heavy (non-hydrogen) atoms. The Balaban J connectivity index is 2.15. The summed E-state index contributed by atoms with van der Waals surface area (Å²) in [5.41, 5.74) is 1.68. The molecule has 2 N–H and O–H groups in total. The Labute approximate surface area is 133 Å². The molecular weight excluding hydrogens is 334 g/mol. The Morgan fingerprint density at radius 2 is 2.00 bits per heavy atom. The first kappa shape index (κ1) is 16.0. The lowest BCUT2D eigenvalue weighted by atomic mass is 9.95. The molecule has 1 unspecified atom stereocenters. The second-order valence-corrected chi connectivity index (χ2v) is 6.55. The van der Waals surface area contributed by atoms with Crippen molar-refractivity contribution in [1.82, 2.24) is 0 Å². The highest BCUT2D eigenvalue weighted by Crippen LogP contribution is 2.39. The Hall–Kier alpha value is -1.36. The highest BCUT2D eigenvalue weighted by atomic mass is 79.9. The van der Waals surface area contributed by atoms with Crippen LogP contribution in [-0.2, 0) is 9.59 Å². The molecule has 114 valence electrons. The number of nitrogens with one attached hydrogen (secondary N) is 1. The molecule has 1 fully saturated rings. The highest BCUT2D eigenvalue weighted by Gasteiger charge is 2.42. The summed E-state index contributed by atoms with van der Waals surface area (Å²) in [6.45, 7) is 3.96. The summed E-state index contributed by atoms with van der Waals surface area (Å²) in [5, 5.41) is 12.2. The standard InChI is InChI=1S/C16H20BrNO3/c1-3-10-7-11(12(8-10)16(20)21)15(19)18-14-6-4-5-13(17)9(14)2/h4-6,10-12H,3,7-8H2,1-2H3,(H,18,19)(H,20,21)/t10?,11-,12+/m0/s1. The van der Waals surface area contributed by atoms with Gasteiger partial charge in [-0.3, -0.25) is 9.59 Å². The zero-order valence-corrected chi connectivity index (χ0v) is 13.8. The molecule has 0 heterocycles. The van der Waals surface area contributed by atoms with Crippen LogP contribution in [0, 0.1) is 24.7 Å². The number of aliphatic carboxylic acids is 1. The summed E-state index contributed by atoms with van der Waals surface area (Å²) in [4.78, 5) is 23.8. The fourth-order valence-corrected chi connectivity index (χ4v) is 3.37. The normalized spacial score (nSPS) is 24.8. The second-order valence-electron chi connectivity index (χ2n) is 5.70. The maximum absolute atomic E-state index is 12.5. The minimum atomic E-state index is -0.864. The van der Waals surface area contributed by atoms with Crippen molar-refractivity contribution < 1.29 is 14.7 Å². The molecule has 5 heteroatoms. The van der Waals surface area contributed by atoms with E-state index < -0.39 is 17.8 Å². The molecule has 0 bridgehead atoms. The van der Waals surface area contributed by atoms with Crippen LogP contribution in [0.3, 0.4) is 0 Å². The van der Waals surface area contributed by atoms with E-state index in [1.165, 1.54) is 0 Å². The van der Waals surface area contributed by atoms with E-state index in [9.17, 15) is 14.7 Å². The first-order valence-corrected chi connectivity index (χ1v) is 8.02. The van der Waals surface area contributed by atoms with Gasteiger partial charge in [-0.2, -0.15) is 0 Å². The van der Waals surface area contributed by atoms with Crippen LogP contribution in [0.1, 0.15) is 31.7 Å². The molecule has 1 amide bonds. The number of rotatable bonds is 4. The van der Waals surface area contributed by atoms with Crippen molar-refractivity contribution in [2.75, 3.05) is 5.32 Å². The van der Waals surface area contributed by atoms with E-state index >= 15 is 0 Å². The van der Waals surface area contributed by atoms with E-state index in [1.807, 2.05) is 32.0 Å². The maximum atomic E-state index is 12.5. The Morgan fingerprint density at radius 1 is 1.33 bits per heavy atom. The van der Waals surface area contributed by atoms with Crippen LogP contribution >= 0.6 is 15.9 Å². The van der Waals surface area contributed by atoms with E-state index in [-0.39, 0.29) is 5.91 Å². The largest absolute Gasteiger partial charge is 0.481 e. The van der Waals surface area contributed by atoms with Crippen molar-refractivity contribution in [3.63, 3.8) is 0 Å². The molecule has 1 aliphatic rings. The van der Waals surface area contributed by atoms with E-state index in [2.05, 4.69) is 21.2 Å². The smallest absolute Gasteiger partial charge is 0.307 e. The molecule has 1 saturated carbocycles. The number of carbonyl (C=O) groups is 2. The molecule has 0 aromatic heterocycles. The van der Waals surface area contributed by atoms with Gasteiger partial charge in [0.1, 0.15) is 0 Å². The lowest BCUT2D eigenvalue weighted by molar-refractivity contribution is -0.145. The Kier molecular flexibility index (Phi) is 5.04. The van der Waals surface area contributed by atoms with Crippen LogP contribution in [-0.4, -0.2) is 17.0 Å². The van der Waals surface area contributed by atoms with Gasteiger partial charge >= 0.3 is 5.97 Å². The van der Waals surface area contributed by atoms with Gasteiger partial charge in [-0.1, -0.05) is 35.3 Å². The first-order chi connectivity index (χ1) is 9.93. The number of carboxylic acids is 1. The second kappa shape index (κ2) is 6.60. The van der Waals surface area contributed by atoms with Crippen LogP contribution in [0.5, 0.6) is 0 Å². The number of anilines is 1. The summed E-state index contributed by atoms with van der Waals surface area (Å²) in [7, 11) is 0. The lowest BCUT2D eigenvalue weighted by Crippen LogP contribution is -2.30. The zero-order chi connectivity index (χ0) is 15.6. The minimum Gasteiger partial charge on any atom is -0.481 e. The molecule has 1 aromatic rings. The zero-order valence-electron chi connectivity index (χ0n) is 12.2. The number of hydrogen-bond donors (Lipinski definition) is 2. The maximum Gasteiger partial charge on any atom is 0.307 e. The molecule has 2 rings (SSSR count). The number of amides is 1. The van der Waals surface area contributed by atoms with Gasteiger partial charge in [0.05, 0.1) is 11.8 Å². The Bertz CT molecular complexity index is 558. The van der Waals surface area contributed by atoms with Gasteiger partial charge in [0, 0.05) is 10.2 Å². The number of halogens is 1. The van der Waals surface area contributed by atoms with Gasteiger partial charge in [-0.25, -0.2) is 0 Å². The minimum absolute atomic E-state index is 0.181. The van der Waals surface area contributed by atoms with Crippen molar-refractivity contribution >= 4 is 33.5 Å². The molecule has 0 saturated heterocycles. The Morgan fingerprint density at radius 3 is 2.62 bits per heavy atom. The summed E-state index contributed by atoms with van der Waals surface area (Å²) < 4.78 is 0.924. The van der Waals surface area contributed by atoms with Gasteiger partial charge in [0.2, 0.25) is 5.91 Å². The summed E-state index contributed by atoms with van der Waals surface area (Å²) in [5.74, 6) is -1.73. The summed E-state index contributed by atoms with van der Waals surface area (Å²) in [6, 6.07) is 5.60. The lowest BCUT2D eigenvalue weighted by Gasteiger charge is -2.17. The van der Waals surface area contributed by atoms with Crippen LogP contribution in [0.4, 0.5) is 5.69 Å². The third-order valence-corrected chi connectivity index (χ3v) is 5.28. The molecule has 4 nitrogen and oxygen atoms in total.